The fourth-order valence-corrected chi connectivity index (χ4v) is 1.73. The lowest BCUT2D eigenvalue weighted by atomic mass is 10.0. The average Bonchev–Trinajstić information content (AvgIpc) is 2.28. The first-order valence-corrected chi connectivity index (χ1v) is 5.88. The predicted molar refractivity (Wildman–Crippen MR) is 75.2 cm³/mol. The van der Waals surface area contributed by atoms with Crippen LogP contribution in [0.5, 0.6) is 0 Å². The molecule has 0 bridgehead atoms. The van der Waals surface area contributed by atoms with Gasteiger partial charge in [0.2, 0.25) is 0 Å². The van der Waals surface area contributed by atoms with E-state index in [1.54, 1.807) is 0 Å². The van der Waals surface area contributed by atoms with Crippen LogP contribution in [0.15, 0.2) is 24.3 Å². The first-order valence-electron chi connectivity index (χ1n) is 5.88. The van der Waals surface area contributed by atoms with Crippen molar-refractivity contribution < 1.29 is 0 Å². The summed E-state index contributed by atoms with van der Waals surface area (Å²) in [6, 6.07) is 8.77. The molecule has 2 heteroatoms. The fourth-order valence-electron chi connectivity index (χ4n) is 1.73. The summed E-state index contributed by atoms with van der Waals surface area (Å²) < 4.78 is 0. The number of terminal acetylenes is 1. The zero-order chi connectivity index (χ0) is 13.1. The van der Waals surface area contributed by atoms with Crippen LogP contribution in [-0.4, -0.2) is 19.6 Å². The van der Waals surface area contributed by atoms with Gasteiger partial charge in [-0.15, -0.1) is 6.42 Å². The van der Waals surface area contributed by atoms with Crippen molar-refractivity contribution in [1.29, 1.82) is 0 Å². The van der Waals surface area contributed by atoms with Gasteiger partial charge in [-0.3, -0.25) is 5.32 Å². The Balaban J connectivity index is 2.77. The maximum absolute atomic E-state index is 5.48. The van der Waals surface area contributed by atoms with E-state index in [2.05, 4.69) is 47.3 Å². The van der Waals surface area contributed by atoms with E-state index in [1.165, 1.54) is 11.3 Å². The Morgan fingerprint density at radius 3 is 2.18 bits per heavy atom. The minimum atomic E-state index is -0.278. The highest BCUT2D eigenvalue weighted by atomic mass is 15.1. The number of nitrogens with zero attached hydrogens (tertiary/aromatic N) is 1. The van der Waals surface area contributed by atoms with Crippen LogP contribution in [0.3, 0.4) is 0 Å². The van der Waals surface area contributed by atoms with E-state index >= 15 is 0 Å². The number of benzene rings is 1. The molecule has 0 fully saturated rings. The van der Waals surface area contributed by atoms with Crippen molar-refractivity contribution in [3.05, 3.63) is 29.8 Å². The molecular weight excluding hydrogens is 208 g/mol. The van der Waals surface area contributed by atoms with Crippen molar-refractivity contribution in [3.63, 3.8) is 0 Å². The van der Waals surface area contributed by atoms with Gasteiger partial charge < -0.3 is 4.90 Å². The third-order valence-corrected chi connectivity index (χ3v) is 2.85. The molecule has 1 aromatic rings. The van der Waals surface area contributed by atoms with Gasteiger partial charge in [-0.25, -0.2) is 0 Å². The summed E-state index contributed by atoms with van der Waals surface area (Å²) in [5, 5.41) is 3.42. The molecule has 0 aliphatic rings. The van der Waals surface area contributed by atoms with Gasteiger partial charge in [0.05, 0.1) is 5.54 Å². The van der Waals surface area contributed by atoms with E-state index in [9.17, 15) is 0 Å². The second-order valence-corrected chi connectivity index (χ2v) is 5.12. The number of rotatable bonds is 4. The topological polar surface area (TPSA) is 15.3 Å². The van der Waals surface area contributed by atoms with E-state index < -0.39 is 0 Å². The molecule has 1 aromatic carbocycles. The van der Waals surface area contributed by atoms with Gasteiger partial charge in [0.15, 0.2) is 0 Å². The van der Waals surface area contributed by atoms with Crippen molar-refractivity contribution in [2.24, 2.45) is 0 Å². The Morgan fingerprint density at radius 1 is 1.24 bits per heavy atom. The second kappa shape index (κ2) is 5.25. The quantitative estimate of drug-likeness (QED) is 0.800. The van der Waals surface area contributed by atoms with Gasteiger partial charge >= 0.3 is 0 Å². The predicted octanol–water partition coefficient (Wildman–Crippen LogP) is 2.82. The van der Waals surface area contributed by atoms with Crippen LogP contribution in [0.4, 0.5) is 5.69 Å². The van der Waals surface area contributed by atoms with Crippen molar-refractivity contribution in [1.82, 2.24) is 5.32 Å². The summed E-state index contributed by atoms with van der Waals surface area (Å²) >= 11 is 0. The van der Waals surface area contributed by atoms with Crippen LogP contribution in [0.25, 0.3) is 0 Å². The molecule has 1 atom stereocenters. The largest absolute Gasteiger partial charge is 0.378 e. The minimum absolute atomic E-state index is 0.247. The molecule has 17 heavy (non-hydrogen) atoms. The maximum Gasteiger partial charge on any atom is 0.0745 e. The number of hydrogen-bond donors (Lipinski definition) is 1. The molecule has 0 saturated carbocycles. The van der Waals surface area contributed by atoms with E-state index in [4.69, 9.17) is 6.42 Å². The second-order valence-electron chi connectivity index (χ2n) is 5.12. The smallest absolute Gasteiger partial charge is 0.0745 e. The van der Waals surface area contributed by atoms with E-state index in [1.807, 2.05) is 27.9 Å². The number of anilines is 1. The first-order chi connectivity index (χ1) is 7.85. The molecule has 0 aliphatic heterocycles. The summed E-state index contributed by atoms with van der Waals surface area (Å²) in [5.41, 5.74) is 2.18. The molecule has 1 unspecified atom stereocenters. The molecule has 0 aliphatic carbocycles. The Kier molecular flexibility index (Phi) is 4.20. The van der Waals surface area contributed by atoms with Crippen LogP contribution in [0.2, 0.25) is 0 Å². The van der Waals surface area contributed by atoms with Gasteiger partial charge in [-0.05, 0) is 38.5 Å². The highest BCUT2D eigenvalue weighted by Gasteiger charge is 2.17. The lowest BCUT2D eigenvalue weighted by Crippen LogP contribution is -2.39. The number of hydrogen-bond acceptors (Lipinski definition) is 2. The Morgan fingerprint density at radius 2 is 1.76 bits per heavy atom. The molecular formula is C15H22N2. The van der Waals surface area contributed by atoms with Gasteiger partial charge in [0.25, 0.3) is 0 Å². The highest BCUT2D eigenvalue weighted by molar-refractivity contribution is 5.46. The Labute approximate surface area is 105 Å². The summed E-state index contributed by atoms with van der Waals surface area (Å²) in [7, 11) is 4.08. The average molecular weight is 230 g/mol. The maximum atomic E-state index is 5.48. The Hall–Kier alpha value is -1.46. The minimum Gasteiger partial charge on any atom is -0.378 e. The van der Waals surface area contributed by atoms with Crippen molar-refractivity contribution in [3.8, 4) is 12.3 Å². The van der Waals surface area contributed by atoms with Crippen molar-refractivity contribution in [2.75, 3.05) is 19.0 Å². The van der Waals surface area contributed by atoms with Crippen LogP contribution < -0.4 is 10.2 Å². The molecule has 0 spiro atoms. The van der Waals surface area contributed by atoms with Gasteiger partial charge in [-0.1, -0.05) is 18.1 Å². The molecule has 0 heterocycles. The van der Waals surface area contributed by atoms with Crippen LogP contribution >= 0.6 is 0 Å². The van der Waals surface area contributed by atoms with Crippen LogP contribution in [0, 0.1) is 12.3 Å². The van der Waals surface area contributed by atoms with Crippen LogP contribution in [-0.2, 0) is 0 Å². The van der Waals surface area contributed by atoms with Gasteiger partial charge in [0, 0.05) is 25.8 Å². The van der Waals surface area contributed by atoms with Crippen molar-refractivity contribution >= 4 is 5.69 Å². The van der Waals surface area contributed by atoms with E-state index in [0.717, 1.165) is 0 Å². The summed E-state index contributed by atoms with van der Waals surface area (Å²) in [6.45, 7) is 6.15. The van der Waals surface area contributed by atoms with Gasteiger partial charge in [-0.2, -0.15) is 0 Å². The molecule has 0 amide bonds. The lowest BCUT2D eigenvalue weighted by molar-refractivity contribution is 0.431. The lowest BCUT2D eigenvalue weighted by Gasteiger charge is -2.25. The Bertz CT molecular complexity index is 396. The monoisotopic (exact) mass is 230 g/mol. The molecule has 0 saturated heterocycles. The standard InChI is InChI=1S/C15H22N2/c1-7-15(3,4)16-12(2)13-8-10-14(11-9-13)17(5)6/h1,8-12,16H,2-6H3. The summed E-state index contributed by atoms with van der Waals surface area (Å²) in [5.74, 6) is 2.75. The van der Waals surface area contributed by atoms with Crippen LogP contribution in [0.1, 0.15) is 32.4 Å². The normalized spacial score (nSPS) is 12.9. The molecule has 92 valence electrons. The highest BCUT2D eigenvalue weighted by Crippen LogP contribution is 2.19. The van der Waals surface area contributed by atoms with Crippen molar-refractivity contribution in [2.45, 2.75) is 32.4 Å². The fraction of sp³-hybridized carbons (Fsp3) is 0.467. The van der Waals surface area contributed by atoms with E-state index in [-0.39, 0.29) is 11.6 Å². The zero-order valence-electron chi connectivity index (χ0n) is 11.4. The molecule has 0 aromatic heterocycles. The third-order valence-electron chi connectivity index (χ3n) is 2.85. The van der Waals surface area contributed by atoms with Gasteiger partial charge in [0.1, 0.15) is 0 Å². The molecule has 0 radical (unpaired) electrons. The SMILES string of the molecule is C#CC(C)(C)NC(C)c1ccc(N(C)C)cc1. The molecule has 1 N–H and O–H groups in total. The number of nitrogens with one attached hydrogen (secondary N) is 1. The summed E-state index contributed by atoms with van der Waals surface area (Å²) in [6.07, 6.45) is 5.48. The summed E-state index contributed by atoms with van der Waals surface area (Å²) in [4.78, 5) is 2.09. The zero-order valence-corrected chi connectivity index (χ0v) is 11.4. The molecule has 1 rings (SSSR count). The third kappa shape index (κ3) is 3.80. The first kappa shape index (κ1) is 13.6. The van der Waals surface area contributed by atoms with E-state index in [0.29, 0.717) is 0 Å². The molecule has 2 nitrogen and oxygen atoms in total.